The Balaban J connectivity index is 0.00000541. The van der Waals surface area contributed by atoms with E-state index in [-0.39, 0.29) is 18.2 Å². The Hall–Kier alpha value is -5.32. The van der Waals surface area contributed by atoms with Gasteiger partial charge in [-0.05, 0) is 119 Å². The first-order valence-corrected chi connectivity index (χ1v) is 18.2. The molecule has 0 aliphatic heterocycles. The lowest BCUT2D eigenvalue weighted by molar-refractivity contribution is 0.103. The fraction of sp³-hybridized carbons (Fsp3) is 0.163. The molecule has 0 aliphatic rings. The van der Waals surface area contributed by atoms with Gasteiger partial charge in [-0.3, -0.25) is 4.79 Å². The molecule has 0 unspecified atom stereocenters. The second-order valence-electron chi connectivity index (χ2n) is 13.4. The van der Waals surface area contributed by atoms with E-state index < -0.39 is 0 Å². The van der Waals surface area contributed by atoms with Gasteiger partial charge in [-0.1, -0.05) is 133 Å². The van der Waals surface area contributed by atoms with E-state index in [1.165, 1.54) is 22.3 Å². The molecular formula is C49H49ClN2O. The highest BCUT2D eigenvalue weighted by atomic mass is 35.5. The van der Waals surface area contributed by atoms with E-state index in [1.54, 1.807) is 0 Å². The smallest absolute Gasteiger partial charge is 0.193 e. The highest BCUT2D eigenvalue weighted by Gasteiger charge is 2.18. The lowest BCUT2D eigenvalue weighted by atomic mass is 9.87. The molecule has 0 saturated heterocycles. The summed E-state index contributed by atoms with van der Waals surface area (Å²) in [5, 5.41) is 6.94. The van der Waals surface area contributed by atoms with Gasteiger partial charge in [0.15, 0.2) is 5.78 Å². The molecule has 53 heavy (non-hydrogen) atoms. The third-order valence-electron chi connectivity index (χ3n) is 9.67. The van der Waals surface area contributed by atoms with Crippen LogP contribution in [0.1, 0.15) is 51.0 Å². The molecule has 6 rings (SSSR count). The topological polar surface area (TPSA) is 41.1 Å². The van der Waals surface area contributed by atoms with Crippen molar-refractivity contribution < 1.29 is 4.79 Å². The van der Waals surface area contributed by atoms with Crippen molar-refractivity contribution in [1.29, 1.82) is 0 Å². The number of nitrogens with one attached hydrogen (secondary N) is 2. The summed E-state index contributed by atoms with van der Waals surface area (Å²) in [6, 6.07) is 46.6. The molecule has 0 aliphatic carbocycles. The molecule has 2 N–H and O–H groups in total. The standard InChI is InChI=1S/C49H48N2O.ClH/c1-5-7-29-50-33-37-17-21-39(22-18-37)45-27-25-41(31-47(45)43-15-11-9-13-35(43)3)49(52)42-26-28-46(48(32-42)44-16-12-10-14-36(44)4)40-23-19-38(20-24-40)34-51-30-8-6-2;/h5-6,9-28,31-32,50-51H,1-2,7-8,29-30,33-34H2,3-4H3;1H. The van der Waals surface area contributed by atoms with Gasteiger partial charge in [-0.2, -0.15) is 0 Å². The van der Waals surface area contributed by atoms with Crippen LogP contribution in [-0.4, -0.2) is 18.9 Å². The van der Waals surface area contributed by atoms with Crippen molar-refractivity contribution in [2.24, 2.45) is 0 Å². The van der Waals surface area contributed by atoms with Gasteiger partial charge in [0, 0.05) is 24.2 Å². The highest BCUT2D eigenvalue weighted by molar-refractivity contribution is 6.11. The molecule has 268 valence electrons. The summed E-state index contributed by atoms with van der Waals surface area (Å²) in [5.41, 5.74) is 14.9. The van der Waals surface area contributed by atoms with Crippen LogP contribution in [0.15, 0.2) is 159 Å². The van der Waals surface area contributed by atoms with Crippen molar-refractivity contribution in [2.75, 3.05) is 13.1 Å². The molecule has 3 nitrogen and oxygen atoms in total. The van der Waals surface area contributed by atoms with Crippen molar-refractivity contribution in [3.63, 3.8) is 0 Å². The van der Waals surface area contributed by atoms with E-state index in [9.17, 15) is 4.79 Å². The van der Waals surface area contributed by atoms with E-state index in [1.807, 2.05) is 24.3 Å². The largest absolute Gasteiger partial charge is 0.312 e. The van der Waals surface area contributed by atoms with E-state index in [0.29, 0.717) is 11.1 Å². The van der Waals surface area contributed by atoms with Crippen LogP contribution in [0.25, 0.3) is 44.5 Å². The number of rotatable bonds is 16. The maximum Gasteiger partial charge on any atom is 0.193 e. The lowest BCUT2D eigenvalue weighted by Gasteiger charge is -2.17. The average molecular weight is 717 g/mol. The Kier molecular flexibility index (Phi) is 13.9. The van der Waals surface area contributed by atoms with Crippen molar-refractivity contribution in [1.82, 2.24) is 10.6 Å². The zero-order chi connectivity index (χ0) is 36.3. The second kappa shape index (κ2) is 19.0. The van der Waals surface area contributed by atoms with Crippen LogP contribution >= 0.6 is 12.4 Å². The fourth-order valence-electron chi connectivity index (χ4n) is 6.71. The number of aryl methyl sites for hydroxylation is 2. The summed E-state index contributed by atoms with van der Waals surface area (Å²) in [7, 11) is 0. The van der Waals surface area contributed by atoms with Crippen LogP contribution in [0.5, 0.6) is 0 Å². The lowest BCUT2D eigenvalue weighted by Crippen LogP contribution is -2.13. The van der Waals surface area contributed by atoms with Gasteiger partial charge < -0.3 is 10.6 Å². The second-order valence-corrected chi connectivity index (χ2v) is 13.4. The maximum absolute atomic E-state index is 14.4. The van der Waals surface area contributed by atoms with Crippen molar-refractivity contribution in [3.05, 3.63) is 192 Å². The predicted molar refractivity (Wildman–Crippen MR) is 228 cm³/mol. The average Bonchev–Trinajstić information content (AvgIpc) is 3.18. The number of carbonyl (C=O) groups is 1. The third-order valence-corrected chi connectivity index (χ3v) is 9.67. The molecule has 0 aromatic heterocycles. The fourth-order valence-corrected chi connectivity index (χ4v) is 6.71. The molecule has 0 heterocycles. The Morgan fingerprint density at radius 2 is 0.906 bits per heavy atom. The molecule has 0 bridgehead atoms. The van der Waals surface area contributed by atoms with Gasteiger partial charge in [0.2, 0.25) is 0 Å². The summed E-state index contributed by atoms with van der Waals surface area (Å²) in [6.07, 6.45) is 5.76. The van der Waals surface area contributed by atoms with Crippen molar-refractivity contribution >= 4 is 18.2 Å². The van der Waals surface area contributed by atoms with E-state index in [0.717, 1.165) is 83.5 Å². The number of benzene rings is 6. The molecule has 0 radical (unpaired) electrons. The third kappa shape index (κ3) is 9.57. The number of hydrogen-bond donors (Lipinski definition) is 2. The molecule has 0 spiro atoms. The first kappa shape index (κ1) is 38.9. The minimum Gasteiger partial charge on any atom is -0.312 e. The molecule has 0 atom stereocenters. The molecule has 6 aromatic rings. The Labute approximate surface area is 321 Å². The van der Waals surface area contributed by atoms with E-state index in [2.05, 4.69) is 159 Å². The first-order valence-electron chi connectivity index (χ1n) is 18.2. The number of hydrogen-bond acceptors (Lipinski definition) is 3. The minimum atomic E-state index is 0. The molecule has 4 heteroatoms. The maximum atomic E-state index is 14.4. The van der Waals surface area contributed by atoms with Gasteiger partial charge in [0.1, 0.15) is 0 Å². The van der Waals surface area contributed by atoms with Gasteiger partial charge in [-0.25, -0.2) is 0 Å². The predicted octanol–water partition coefficient (Wildman–Crippen LogP) is 12.0. The molecule has 6 aromatic carbocycles. The summed E-state index contributed by atoms with van der Waals surface area (Å²) in [5.74, 6) is 0.00432. The molecular weight excluding hydrogens is 668 g/mol. The van der Waals surface area contributed by atoms with Crippen molar-refractivity contribution in [2.45, 2.75) is 39.8 Å². The summed E-state index contributed by atoms with van der Waals surface area (Å²) in [4.78, 5) is 14.4. The van der Waals surface area contributed by atoms with Gasteiger partial charge in [0.25, 0.3) is 0 Å². The normalized spacial score (nSPS) is 10.8. The highest BCUT2D eigenvalue weighted by Crippen LogP contribution is 2.38. The van der Waals surface area contributed by atoms with Gasteiger partial charge >= 0.3 is 0 Å². The van der Waals surface area contributed by atoms with Crippen LogP contribution in [0.3, 0.4) is 0 Å². The monoisotopic (exact) mass is 716 g/mol. The minimum absolute atomic E-state index is 0. The van der Waals surface area contributed by atoms with E-state index in [4.69, 9.17) is 0 Å². The SMILES string of the molecule is C=CCCNCc1ccc(-c2ccc(C(=O)c3ccc(-c4ccc(CNCCC=C)cc4)c(-c4ccccc4C)c3)cc2-c2ccccc2C)cc1.Cl. The zero-order valence-corrected chi connectivity index (χ0v) is 31.6. The number of halogens is 1. The first-order chi connectivity index (χ1) is 25.5. The number of ketones is 1. The van der Waals surface area contributed by atoms with Crippen LogP contribution in [0.4, 0.5) is 0 Å². The Morgan fingerprint density at radius 1 is 0.509 bits per heavy atom. The van der Waals surface area contributed by atoms with Crippen molar-refractivity contribution in [3.8, 4) is 44.5 Å². The number of carbonyl (C=O) groups excluding carboxylic acids is 1. The summed E-state index contributed by atoms with van der Waals surface area (Å²) in [6.45, 7) is 15.3. The van der Waals surface area contributed by atoms with Gasteiger partial charge in [-0.15, -0.1) is 25.6 Å². The molecule has 0 saturated carbocycles. The van der Waals surface area contributed by atoms with E-state index >= 15 is 0 Å². The Morgan fingerprint density at radius 3 is 1.28 bits per heavy atom. The van der Waals surface area contributed by atoms with Crippen LogP contribution in [-0.2, 0) is 13.1 Å². The van der Waals surface area contributed by atoms with Crippen LogP contribution < -0.4 is 10.6 Å². The zero-order valence-electron chi connectivity index (χ0n) is 30.8. The summed E-state index contributed by atoms with van der Waals surface area (Å²) >= 11 is 0. The summed E-state index contributed by atoms with van der Waals surface area (Å²) < 4.78 is 0. The quantitative estimate of drug-likeness (QED) is 0.0595. The van der Waals surface area contributed by atoms with Crippen LogP contribution in [0.2, 0.25) is 0 Å². The Bertz CT molecular complexity index is 2010. The van der Waals surface area contributed by atoms with Gasteiger partial charge in [0.05, 0.1) is 0 Å². The molecule has 0 amide bonds. The van der Waals surface area contributed by atoms with Crippen LogP contribution in [0, 0.1) is 13.8 Å². The molecule has 0 fully saturated rings.